The molecule has 0 aliphatic rings. The molecule has 0 bridgehead atoms. The second-order valence-corrected chi connectivity index (χ2v) is 8.83. The van der Waals surface area contributed by atoms with E-state index < -0.39 is 5.54 Å². The lowest BCUT2D eigenvalue weighted by Gasteiger charge is -2.35. The second kappa shape index (κ2) is 42.7. The van der Waals surface area contributed by atoms with E-state index >= 15 is 0 Å². The molecule has 0 atom stereocenters. The van der Waals surface area contributed by atoms with Crippen LogP contribution in [0.4, 0.5) is 0 Å². The molecule has 0 saturated carbocycles. The van der Waals surface area contributed by atoms with Crippen LogP contribution in [0.15, 0.2) is 0 Å². The average Bonchev–Trinajstić information content (AvgIpc) is 2.99. The van der Waals surface area contributed by atoms with E-state index in [1.165, 1.54) is 0 Å². The Labute approximate surface area is 250 Å². The van der Waals surface area contributed by atoms with E-state index in [2.05, 4.69) is 26.1 Å². The van der Waals surface area contributed by atoms with Crippen molar-refractivity contribution in [2.75, 3.05) is 72.6 Å². The summed E-state index contributed by atoms with van der Waals surface area (Å²) in [6.45, 7) is 24.6. The number of ether oxygens (including phenoxy) is 5. The minimum absolute atomic E-state index is 0.0272. The fraction of sp³-hybridized carbons (Fsp3) is 0.969. The van der Waals surface area contributed by atoms with Crippen LogP contribution < -0.4 is 11.1 Å². The first-order chi connectivity index (χ1) is 19.6. The molecule has 0 aromatic rings. The standard InChI is InChI=1S/C26H54N2O6.3C2H6/c1-4-7-9-13-26(23-33-15-5-2,24-34-16-6-3)28-25(29)12-18-31-20-22-32-21-19-30-17-11-8-10-14-27;3*1-2/h4-24,27H2,1-3H3,(H,28,29);3*1-2H3. The Morgan fingerprint density at radius 1 is 0.575 bits per heavy atom. The fourth-order valence-corrected chi connectivity index (χ4v) is 3.45. The van der Waals surface area contributed by atoms with Crippen molar-refractivity contribution >= 4 is 5.91 Å². The molecule has 0 aromatic carbocycles. The van der Waals surface area contributed by atoms with Crippen LogP contribution in [0.3, 0.4) is 0 Å². The molecule has 0 rings (SSSR count). The molecule has 8 nitrogen and oxygen atoms in total. The number of nitrogens with one attached hydrogen (secondary N) is 1. The highest BCUT2D eigenvalue weighted by Crippen LogP contribution is 2.18. The van der Waals surface area contributed by atoms with Crippen molar-refractivity contribution < 1.29 is 28.5 Å². The molecule has 0 fully saturated rings. The van der Waals surface area contributed by atoms with Gasteiger partial charge in [-0.25, -0.2) is 0 Å². The third-order valence-corrected chi connectivity index (χ3v) is 5.33. The van der Waals surface area contributed by atoms with Crippen LogP contribution in [0.25, 0.3) is 0 Å². The molecular formula is C32H72N2O6. The van der Waals surface area contributed by atoms with Crippen molar-refractivity contribution in [2.24, 2.45) is 5.73 Å². The highest BCUT2D eigenvalue weighted by atomic mass is 16.5. The van der Waals surface area contributed by atoms with E-state index in [-0.39, 0.29) is 5.91 Å². The third-order valence-electron chi connectivity index (χ3n) is 5.33. The van der Waals surface area contributed by atoms with Gasteiger partial charge in [0.25, 0.3) is 0 Å². The molecule has 0 aliphatic heterocycles. The summed E-state index contributed by atoms with van der Waals surface area (Å²) in [5.74, 6) is -0.0272. The van der Waals surface area contributed by atoms with E-state index in [9.17, 15) is 4.79 Å². The number of hydrogen-bond donors (Lipinski definition) is 2. The lowest BCUT2D eigenvalue weighted by atomic mass is 9.93. The van der Waals surface area contributed by atoms with Gasteiger partial charge in [-0.1, -0.05) is 81.6 Å². The number of nitrogens with two attached hydrogens (primary N) is 1. The van der Waals surface area contributed by atoms with Crippen molar-refractivity contribution in [3.05, 3.63) is 0 Å². The van der Waals surface area contributed by atoms with Gasteiger partial charge in [0.15, 0.2) is 0 Å². The Balaban J connectivity index is -0.00000100. The average molecular weight is 581 g/mol. The molecule has 8 heteroatoms. The molecule has 0 spiro atoms. The molecule has 0 heterocycles. The zero-order valence-electron chi connectivity index (χ0n) is 28.4. The first-order valence-corrected chi connectivity index (χ1v) is 16.5. The van der Waals surface area contributed by atoms with Gasteiger partial charge >= 0.3 is 0 Å². The zero-order valence-corrected chi connectivity index (χ0v) is 28.4. The number of hydrogen-bond acceptors (Lipinski definition) is 7. The SMILES string of the molecule is CC.CC.CC.CCCCCC(COCCC)(COCCC)NC(=O)CCOCCOCCOCCCCCN. The summed E-state index contributed by atoms with van der Waals surface area (Å²) in [6, 6.07) is 0. The van der Waals surface area contributed by atoms with E-state index in [0.29, 0.717) is 65.9 Å². The topological polar surface area (TPSA) is 101 Å². The second-order valence-electron chi connectivity index (χ2n) is 8.83. The molecule has 0 saturated heterocycles. The van der Waals surface area contributed by atoms with Gasteiger partial charge in [-0.15, -0.1) is 0 Å². The fourth-order valence-electron chi connectivity index (χ4n) is 3.45. The lowest BCUT2D eigenvalue weighted by molar-refractivity contribution is -0.127. The monoisotopic (exact) mass is 581 g/mol. The maximum Gasteiger partial charge on any atom is 0.222 e. The largest absolute Gasteiger partial charge is 0.379 e. The van der Waals surface area contributed by atoms with E-state index in [0.717, 1.165) is 70.9 Å². The zero-order chi connectivity index (χ0) is 31.2. The van der Waals surface area contributed by atoms with E-state index in [1.54, 1.807) is 0 Å². The number of carbonyl (C=O) groups excluding carboxylic acids is 1. The van der Waals surface area contributed by atoms with Crippen LogP contribution in [0.1, 0.15) is 127 Å². The summed E-state index contributed by atoms with van der Waals surface area (Å²) in [7, 11) is 0. The van der Waals surface area contributed by atoms with Crippen molar-refractivity contribution in [2.45, 2.75) is 132 Å². The Morgan fingerprint density at radius 2 is 1.07 bits per heavy atom. The molecule has 246 valence electrons. The summed E-state index contributed by atoms with van der Waals surface area (Å²) >= 11 is 0. The molecular weight excluding hydrogens is 508 g/mol. The Morgan fingerprint density at radius 3 is 1.55 bits per heavy atom. The van der Waals surface area contributed by atoms with Crippen LogP contribution >= 0.6 is 0 Å². The van der Waals surface area contributed by atoms with Gasteiger partial charge in [-0.3, -0.25) is 4.79 Å². The lowest BCUT2D eigenvalue weighted by Crippen LogP contribution is -2.55. The van der Waals surface area contributed by atoms with Crippen LogP contribution in [0, 0.1) is 0 Å². The molecule has 0 aromatic heterocycles. The van der Waals surface area contributed by atoms with Crippen molar-refractivity contribution in [3.63, 3.8) is 0 Å². The summed E-state index contributed by atoms with van der Waals surface area (Å²) < 4.78 is 28.4. The summed E-state index contributed by atoms with van der Waals surface area (Å²) in [5.41, 5.74) is 4.98. The number of rotatable bonds is 27. The minimum atomic E-state index is -0.482. The van der Waals surface area contributed by atoms with Gasteiger partial charge in [0.2, 0.25) is 5.91 Å². The molecule has 0 radical (unpaired) electrons. The molecule has 40 heavy (non-hydrogen) atoms. The molecule has 1 amide bonds. The predicted octanol–water partition coefficient (Wildman–Crippen LogP) is 6.92. The van der Waals surface area contributed by atoms with Crippen molar-refractivity contribution in [1.82, 2.24) is 5.32 Å². The van der Waals surface area contributed by atoms with Crippen LogP contribution in [-0.2, 0) is 28.5 Å². The smallest absolute Gasteiger partial charge is 0.222 e. The van der Waals surface area contributed by atoms with Gasteiger partial charge in [-0.05, 0) is 45.1 Å². The van der Waals surface area contributed by atoms with Crippen LogP contribution in [0.5, 0.6) is 0 Å². The highest BCUT2D eigenvalue weighted by Gasteiger charge is 2.32. The van der Waals surface area contributed by atoms with Gasteiger partial charge in [-0.2, -0.15) is 0 Å². The normalized spacial score (nSPS) is 10.4. The van der Waals surface area contributed by atoms with Gasteiger partial charge in [0.1, 0.15) is 0 Å². The van der Waals surface area contributed by atoms with Crippen LogP contribution in [-0.4, -0.2) is 84.1 Å². The van der Waals surface area contributed by atoms with Crippen LogP contribution in [0.2, 0.25) is 0 Å². The number of carbonyl (C=O) groups is 1. The quantitative estimate of drug-likeness (QED) is 0.102. The van der Waals surface area contributed by atoms with Crippen molar-refractivity contribution in [1.29, 1.82) is 0 Å². The molecule has 3 N–H and O–H groups in total. The minimum Gasteiger partial charge on any atom is -0.379 e. The first kappa shape index (κ1) is 46.2. The predicted molar refractivity (Wildman–Crippen MR) is 171 cm³/mol. The van der Waals surface area contributed by atoms with E-state index in [1.807, 2.05) is 41.5 Å². The maximum absolute atomic E-state index is 12.7. The Hall–Kier alpha value is -0.770. The van der Waals surface area contributed by atoms with Gasteiger partial charge in [0, 0.05) is 26.2 Å². The van der Waals surface area contributed by atoms with E-state index in [4.69, 9.17) is 29.4 Å². The maximum atomic E-state index is 12.7. The summed E-state index contributed by atoms with van der Waals surface area (Å²) in [5, 5.41) is 3.23. The van der Waals surface area contributed by atoms with Gasteiger partial charge in [0.05, 0.1) is 51.8 Å². The first-order valence-electron chi connectivity index (χ1n) is 16.5. The number of unbranched alkanes of at least 4 members (excludes halogenated alkanes) is 4. The number of amides is 1. The Bertz CT molecular complexity index is 415. The summed E-state index contributed by atoms with van der Waals surface area (Å²) in [4.78, 5) is 12.7. The van der Waals surface area contributed by atoms with Crippen molar-refractivity contribution in [3.8, 4) is 0 Å². The van der Waals surface area contributed by atoms with Gasteiger partial charge < -0.3 is 34.7 Å². The third kappa shape index (κ3) is 35.3. The molecule has 0 unspecified atom stereocenters. The molecule has 0 aliphatic carbocycles. The summed E-state index contributed by atoms with van der Waals surface area (Å²) in [6.07, 6.45) is 9.55. The Kier molecular flexibility index (Phi) is 49.3. The highest BCUT2D eigenvalue weighted by molar-refractivity contribution is 5.77.